The summed E-state index contributed by atoms with van der Waals surface area (Å²) in [5, 5.41) is 13.7. The Balaban J connectivity index is 1.24. The Morgan fingerprint density at radius 1 is 1.10 bits per heavy atom. The van der Waals surface area contributed by atoms with E-state index in [4.69, 9.17) is 4.74 Å². The molecule has 4 aliphatic carbocycles. The van der Waals surface area contributed by atoms with Gasteiger partial charge in [0.15, 0.2) is 0 Å². The summed E-state index contributed by atoms with van der Waals surface area (Å²) in [6.07, 6.45) is 13.4. The Morgan fingerprint density at radius 2 is 1.92 bits per heavy atom. The number of benzene rings is 1. The Labute approximate surface area is 233 Å². The maximum absolute atomic E-state index is 11.6. The molecule has 4 aliphatic rings. The number of allylic oxidation sites excluding steroid dienone is 1. The van der Waals surface area contributed by atoms with Crippen molar-refractivity contribution < 1.29 is 9.53 Å². The lowest BCUT2D eigenvalue weighted by molar-refractivity contribution is -0.148. The fourth-order valence-electron chi connectivity index (χ4n) is 9.27. The van der Waals surface area contributed by atoms with E-state index in [0.29, 0.717) is 36.0 Å². The molecule has 5 heteroatoms. The number of pyridine rings is 1. The van der Waals surface area contributed by atoms with Crippen LogP contribution in [0.4, 0.5) is 5.82 Å². The molecule has 1 N–H and O–H groups in total. The molecule has 0 bridgehead atoms. The first-order valence-electron chi connectivity index (χ1n) is 14.9. The molecule has 1 aromatic carbocycles. The number of fused-ring (bicyclic) bond motifs is 5. The van der Waals surface area contributed by atoms with Crippen LogP contribution in [0, 0.1) is 39.9 Å². The molecule has 0 unspecified atom stereocenters. The molecule has 0 saturated heterocycles. The number of hydrogen-bond donors (Lipinski definition) is 1. The van der Waals surface area contributed by atoms with Gasteiger partial charge >= 0.3 is 5.97 Å². The van der Waals surface area contributed by atoms with E-state index < -0.39 is 0 Å². The van der Waals surface area contributed by atoms with Crippen molar-refractivity contribution in [3.63, 3.8) is 0 Å². The van der Waals surface area contributed by atoms with Gasteiger partial charge in [-0.2, -0.15) is 5.26 Å². The molecule has 2 aromatic rings. The Bertz CT molecular complexity index is 1310. The lowest BCUT2D eigenvalue weighted by Crippen LogP contribution is -2.50. The molecule has 1 aromatic heterocycles. The van der Waals surface area contributed by atoms with E-state index in [0.717, 1.165) is 37.7 Å². The molecule has 204 valence electrons. The van der Waals surface area contributed by atoms with E-state index in [1.54, 1.807) is 0 Å². The second-order valence-electron chi connectivity index (χ2n) is 13.0. The Kier molecular flexibility index (Phi) is 6.78. The van der Waals surface area contributed by atoms with Crippen LogP contribution in [0.2, 0.25) is 0 Å². The number of rotatable bonds is 5. The third-order valence-electron chi connectivity index (χ3n) is 11.2. The molecule has 5 nitrogen and oxygen atoms in total. The SMILES string of the molecule is CC(=O)O[C@H]1CC[C@@]2(C)C(=CC[C@H]3[C@@H]4CC[C@H](c5ccnc(NCc6ccccc6)c5C#N)[C@@]4(C)CC[C@@H]32)C1. The van der Waals surface area contributed by atoms with E-state index in [1.165, 1.54) is 42.9 Å². The van der Waals surface area contributed by atoms with Crippen LogP contribution in [-0.2, 0) is 16.1 Å². The first-order chi connectivity index (χ1) is 18.8. The van der Waals surface area contributed by atoms with Crippen LogP contribution in [-0.4, -0.2) is 17.1 Å². The van der Waals surface area contributed by atoms with E-state index in [1.807, 2.05) is 24.4 Å². The fourth-order valence-corrected chi connectivity index (χ4v) is 9.27. The van der Waals surface area contributed by atoms with Gasteiger partial charge in [-0.15, -0.1) is 0 Å². The maximum Gasteiger partial charge on any atom is 0.302 e. The first-order valence-corrected chi connectivity index (χ1v) is 14.9. The predicted octanol–water partition coefficient (Wildman–Crippen LogP) is 7.54. The topological polar surface area (TPSA) is 75.0 Å². The van der Waals surface area contributed by atoms with E-state index in [-0.39, 0.29) is 22.9 Å². The number of nitriles is 1. The number of esters is 1. The summed E-state index contributed by atoms with van der Waals surface area (Å²) in [7, 11) is 0. The van der Waals surface area contributed by atoms with Crippen LogP contribution >= 0.6 is 0 Å². The molecule has 3 fully saturated rings. The second kappa shape index (κ2) is 10.1. The molecular weight excluding hydrogens is 482 g/mol. The van der Waals surface area contributed by atoms with Gasteiger partial charge in [0.05, 0.1) is 5.56 Å². The lowest BCUT2D eigenvalue weighted by atomic mass is 9.47. The van der Waals surface area contributed by atoms with Crippen LogP contribution in [0.15, 0.2) is 54.2 Å². The van der Waals surface area contributed by atoms with Crippen molar-refractivity contribution in [1.82, 2.24) is 4.98 Å². The van der Waals surface area contributed by atoms with Crippen LogP contribution in [0.25, 0.3) is 0 Å². The number of carbonyl (C=O) groups is 1. The third kappa shape index (κ3) is 4.46. The third-order valence-corrected chi connectivity index (χ3v) is 11.2. The van der Waals surface area contributed by atoms with Crippen molar-refractivity contribution in [2.75, 3.05) is 5.32 Å². The van der Waals surface area contributed by atoms with Gasteiger partial charge in [0.2, 0.25) is 0 Å². The van der Waals surface area contributed by atoms with E-state index in [9.17, 15) is 10.1 Å². The van der Waals surface area contributed by atoms with Gasteiger partial charge in [-0.3, -0.25) is 4.79 Å². The fraction of sp³-hybridized carbons (Fsp3) is 0.559. The zero-order valence-electron chi connectivity index (χ0n) is 23.6. The quantitative estimate of drug-likeness (QED) is 0.324. The molecule has 6 rings (SSSR count). The first kappa shape index (κ1) is 26.1. The number of nitrogens with one attached hydrogen (secondary N) is 1. The van der Waals surface area contributed by atoms with Gasteiger partial charge in [0, 0.05) is 26.1 Å². The minimum Gasteiger partial charge on any atom is -0.462 e. The molecule has 39 heavy (non-hydrogen) atoms. The van der Waals surface area contributed by atoms with Gasteiger partial charge in [-0.25, -0.2) is 4.98 Å². The minimum absolute atomic E-state index is 0.0453. The highest BCUT2D eigenvalue weighted by Gasteiger charge is 2.59. The number of anilines is 1. The molecule has 0 spiro atoms. The van der Waals surface area contributed by atoms with Gasteiger partial charge in [0.25, 0.3) is 0 Å². The Hall–Kier alpha value is -3.13. The largest absolute Gasteiger partial charge is 0.462 e. The summed E-state index contributed by atoms with van der Waals surface area (Å²) in [4.78, 5) is 16.2. The van der Waals surface area contributed by atoms with Crippen molar-refractivity contribution >= 4 is 11.8 Å². The normalized spacial score (nSPS) is 35.0. The van der Waals surface area contributed by atoms with Gasteiger partial charge in [0.1, 0.15) is 18.0 Å². The minimum atomic E-state index is -0.158. The molecule has 1 heterocycles. The molecule has 0 radical (unpaired) electrons. The Morgan fingerprint density at radius 3 is 2.69 bits per heavy atom. The van der Waals surface area contributed by atoms with Gasteiger partial charge in [-0.1, -0.05) is 55.8 Å². The summed E-state index contributed by atoms with van der Waals surface area (Å²) < 4.78 is 5.63. The smallest absolute Gasteiger partial charge is 0.302 e. The van der Waals surface area contributed by atoms with Gasteiger partial charge < -0.3 is 10.1 Å². The highest BCUT2D eigenvalue weighted by molar-refractivity contribution is 5.66. The number of ether oxygens (including phenoxy) is 1. The average Bonchev–Trinajstić information content (AvgIpc) is 3.29. The highest BCUT2D eigenvalue weighted by atomic mass is 16.5. The summed E-state index contributed by atoms with van der Waals surface area (Å²) >= 11 is 0. The molecule has 0 aliphatic heterocycles. The predicted molar refractivity (Wildman–Crippen MR) is 153 cm³/mol. The lowest BCUT2D eigenvalue weighted by Gasteiger charge is -2.58. The zero-order chi connectivity index (χ0) is 27.2. The van der Waals surface area contributed by atoms with E-state index >= 15 is 0 Å². The summed E-state index contributed by atoms with van der Waals surface area (Å²) in [6, 6.07) is 14.9. The number of carbonyl (C=O) groups excluding carboxylic acids is 1. The number of aromatic nitrogens is 1. The zero-order valence-corrected chi connectivity index (χ0v) is 23.6. The summed E-state index contributed by atoms with van der Waals surface area (Å²) in [5.41, 5.74) is 5.05. The van der Waals surface area contributed by atoms with Gasteiger partial charge in [-0.05, 0) is 96.6 Å². The van der Waals surface area contributed by atoms with Crippen molar-refractivity contribution in [3.05, 3.63) is 70.9 Å². The summed E-state index contributed by atoms with van der Waals surface area (Å²) in [5.74, 6) is 3.00. The van der Waals surface area contributed by atoms with Crippen molar-refractivity contribution in [1.29, 1.82) is 5.26 Å². The van der Waals surface area contributed by atoms with Crippen LogP contribution < -0.4 is 5.32 Å². The molecule has 7 atom stereocenters. The second-order valence-corrected chi connectivity index (χ2v) is 13.0. The molecule has 3 saturated carbocycles. The van der Waals surface area contributed by atoms with Crippen LogP contribution in [0.5, 0.6) is 0 Å². The number of nitrogens with zero attached hydrogens (tertiary/aromatic N) is 2. The standard InChI is InChI=1S/C34H41N3O2/c1-22(38)39-25-13-16-33(2)24(19-25)9-10-27-30-12-11-29(34(30,3)17-14-31(27)33)26-15-18-36-32(28(26)20-35)37-21-23-7-5-4-6-8-23/h4-9,15,18,25,27,29-31H,10-14,16-17,19,21H2,1-3H3,(H,36,37)/t25-,27-,29+,30-,31-,33-,34+/m0/s1. The van der Waals surface area contributed by atoms with Crippen molar-refractivity contribution in [3.8, 4) is 6.07 Å². The molecular formula is C34H41N3O2. The number of hydrogen-bond acceptors (Lipinski definition) is 5. The van der Waals surface area contributed by atoms with Crippen LogP contribution in [0.1, 0.15) is 94.7 Å². The van der Waals surface area contributed by atoms with E-state index in [2.05, 4.69) is 54.5 Å². The maximum atomic E-state index is 11.6. The van der Waals surface area contributed by atoms with Crippen LogP contribution in [0.3, 0.4) is 0 Å². The molecule has 0 amide bonds. The average molecular weight is 524 g/mol. The van der Waals surface area contributed by atoms with Crippen molar-refractivity contribution in [2.24, 2.45) is 28.6 Å². The summed E-state index contributed by atoms with van der Waals surface area (Å²) in [6.45, 7) is 7.20. The van der Waals surface area contributed by atoms with Crippen molar-refractivity contribution in [2.45, 2.75) is 90.7 Å². The highest BCUT2D eigenvalue weighted by Crippen LogP contribution is 2.68. The monoisotopic (exact) mass is 523 g/mol.